The molecule has 0 bridgehead atoms. The number of fused-ring (bicyclic) bond motifs is 1. The molecule has 2 saturated heterocycles. The third-order valence-electron chi connectivity index (χ3n) is 2.78. The van der Waals surface area contributed by atoms with Gasteiger partial charge in [0.05, 0.1) is 6.10 Å². The highest BCUT2D eigenvalue weighted by molar-refractivity contribution is 5.75. The number of ether oxygens (including phenoxy) is 3. The molecule has 2 heterocycles. The smallest absolute Gasteiger partial charge is 0.187 e. The summed E-state index contributed by atoms with van der Waals surface area (Å²) in [5.41, 5.74) is 0. The lowest BCUT2D eigenvalue weighted by Gasteiger charge is -2.20. The lowest BCUT2D eigenvalue weighted by Crippen LogP contribution is -2.24. The standard InChI is InChI=1S/C11H18O4.CH2O/c1-7(12)4-5-8-6-9-10(13-8)15-11(2,3)14-9;1-2/h8-10H,4-6H2,1-3H3;1H2/t8-,9-,10?;/m1./s1. The summed E-state index contributed by atoms with van der Waals surface area (Å²) in [6.07, 6.45) is 2.10. The van der Waals surface area contributed by atoms with E-state index in [1.807, 2.05) is 20.6 Å². The van der Waals surface area contributed by atoms with E-state index in [0.29, 0.717) is 6.42 Å². The summed E-state index contributed by atoms with van der Waals surface area (Å²) in [5.74, 6) is -0.321. The molecule has 0 aromatic heterocycles. The van der Waals surface area contributed by atoms with E-state index >= 15 is 0 Å². The molecule has 0 aromatic carbocycles. The van der Waals surface area contributed by atoms with Crippen LogP contribution in [0.15, 0.2) is 0 Å². The number of carbonyl (C=O) groups is 2. The molecule has 0 saturated carbocycles. The fourth-order valence-electron chi connectivity index (χ4n) is 2.13. The lowest BCUT2D eigenvalue weighted by atomic mass is 10.1. The maximum Gasteiger partial charge on any atom is 0.187 e. The molecule has 1 unspecified atom stereocenters. The highest BCUT2D eigenvalue weighted by Crippen LogP contribution is 2.38. The van der Waals surface area contributed by atoms with Crippen molar-refractivity contribution in [3.05, 3.63) is 0 Å². The van der Waals surface area contributed by atoms with Gasteiger partial charge in [-0.3, -0.25) is 0 Å². The molecule has 98 valence electrons. The average Bonchev–Trinajstić information content (AvgIpc) is 2.71. The second kappa shape index (κ2) is 5.71. The summed E-state index contributed by atoms with van der Waals surface area (Å²) in [6.45, 7) is 7.38. The molecule has 0 amide bonds. The highest BCUT2D eigenvalue weighted by Gasteiger charge is 2.48. The van der Waals surface area contributed by atoms with Gasteiger partial charge >= 0.3 is 0 Å². The third kappa shape index (κ3) is 3.87. The maximum absolute atomic E-state index is 10.8. The van der Waals surface area contributed by atoms with Crippen molar-refractivity contribution in [3.8, 4) is 0 Å². The van der Waals surface area contributed by atoms with Crippen LogP contribution in [0.25, 0.3) is 0 Å². The molecule has 0 aromatic rings. The van der Waals surface area contributed by atoms with Gasteiger partial charge in [-0.05, 0) is 27.2 Å². The number of carbonyl (C=O) groups excluding carboxylic acids is 2. The van der Waals surface area contributed by atoms with Gasteiger partial charge in [0.15, 0.2) is 12.1 Å². The molecule has 17 heavy (non-hydrogen) atoms. The number of Topliss-reactive ketones (excluding diaryl/α,β-unsaturated/α-hetero) is 1. The van der Waals surface area contributed by atoms with Gasteiger partial charge in [0, 0.05) is 12.8 Å². The molecule has 3 atom stereocenters. The van der Waals surface area contributed by atoms with Crippen LogP contribution in [-0.2, 0) is 23.8 Å². The van der Waals surface area contributed by atoms with Crippen LogP contribution in [0.3, 0.4) is 0 Å². The van der Waals surface area contributed by atoms with Gasteiger partial charge in [0.2, 0.25) is 0 Å². The first-order valence-electron chi connectivity index (χ1n) is 5.76. The topological polar surface area (TPSA) is 61.8 Å². The van der Waals surface area contributed by atoms with Crippen molar-refractivity contribution in [2.45, 2.75) is 64.3 Å². The molecule has 2 fully saturated rings. The molecular formula is C12H20O5. The van der Waals surface area contributed by atoms with Crippen molar-refractivity contribution in [3.63, 3.8) is 0 Å². The molecule has 0 spiro atoms. The molecule has 0 N–H and O–H groups in total. The third-order valence-corrected chi connectivity index (χ3v) is 2.78. The molecule has 2 aliphatic rings. The van der Waals surface area contributed by atoms with Crippen molar-refractivity contribution >= 4 is 12.6 Å². The van der Waals surface area contributed by atoms with Crippen molar-refractivity contribution in [2.75, 3.05) is 0 Å². The quantitative estimate of drug-likeness (QED) is 0.751. The Labute approximate surface area is 101 Å². The number of hydrogen-bond donors (Lipinski definition) is 0. The molecule has 0 aliphatic carbocycles. The van der Waals surface area contributed by atoms with Gasteiger partial charge < -0.3 is 23.8 Å². The van der Waals surface area contributed by atoms with Crippen LogP contribution in [0.5, 0.6) is 0 Å². The first-order chi connectivity index (χ1) is 7.96. The molecule has 5 nitrogen and oxygen atoms in total. The van der Waals surface area contributed by atoms with Crippen molar-refractivity contribution < 1.29 is 23.8 Å². The Balaban J connectivity index is 0.000000686. The monoisotopic (exact) mass is 244 g/mol. The predicted molar refractivity (Wildman–Crippen MR) is 60.4 cm³/mol. The van der Waals surface area contributed by atoms with E-state index in [-0.39, 0.29) is 24.3 Å². The molecule has 0 radical (unpaired) electrons. The number of rotatable bonds is 3. The van der Waals surface area contributed by atoms with E-state index in [4.69, 9.17) is 19.0 Å². The van der Waals surface area contributed by atoms with E-state index in [2.05, 4.69) is 0 Å². The second-order valence-electron chi connectivity index (χ2n) is 4.78. The fraction of sp³-hybridized carbons (Fsp3) is 0.833. The number of ketones is 1. The van der Waals surface area contributed by atoms with Crippen LogP contribution in [0.4, 0.5) is 0 Å². The van der Waals surface area contributed by atoms with E-state index in [0.717, 1.165) is 12.8 Å². The van der Waals surface area contributed by atoms with Gasteiger partial charge in [-0.25, -0.2) is 0 Å². The SMILES string of the molecule is C=O.CC(=O)CC[C@@H]1C[C@H]2OC(C)(C)OC2O1. The van der Waals surface area contributed by atoms with Gasteiger partial charge in [0.25, 0.3) is 0 Å². The Morgan fingerprint density at radius 1 is 1.35 bits per heavy atom. The summed E-state index contributed by atoms with van der Waals surface area (Å²) in [6, 6.07) is 0. The Morgan fingerprint density at radius 2 is 2.00 bits per heavy atom. The Kier molecular flexibility index (Phi) is 4.80. The van der Waals surface area contributed by atoms with Crippen LogP contribution in [-0.4, -0.2) is 36.9 Å². The maximum atomic E-state index is 10.8. The Morgan fingerprint density at radius 3 is 2.53 bits per heavy atom. The van der Waals surface area contributed by atoms with Crippen molar-refractivity contribution in [1.82, 2.24) is 0 Å². The lowest BCUT2D eigenvalue weighted by molar-refractivity contribution is -0.205. The summed E-state index contributed by atoms with van der Waals surface area (Å²) < 4.78 is 16.9. The fourth-order valence-corrected chi connectivity index (χ4v) is 2.13. The van der Waals surface area contributed by atoms with E-state index in [1.165, 1.54) is 0 Å². The van der Waals surface area contributed by atoms with E-state index < -0.39 is 5.79 Å². The van der Waals surface area contributed by atoms with Crippen LogP contribution in [0, 0.1) is 0 Å². The van der Waals surface area contributed by atoms with Gasteiger partial charge in [0.1, 0.15) is 18.7 Å². The zero-order valence-corrected chi connectivity index (χ0v) is 10.6. The van der Waals surface area contributed by atoms with Gasteiger partial charge in [-0.2, -0.15) is 0 Å². The largest absolute Gasteiger partial charge is 0.346 e. The summed E-state index contributed by atoms with van der Waals surface area (Å²) >= 11 is 0. The minimum Gasteiger partial charge on any atom is -0.346 e. The van der Waals surface area contributed by atoms with Crippen LogP contribution in [0.2, 0.25) is 0 Å². The molecular weight excluding hydrogens is 224 g/mol. The first kappa shape index (κ1) is 14.3. The Hall–Kier alpha value is -0.780. The zero-order chi connectivity index (χ0) is 13.1. The van der Waals surface area contributed by atoms with Crippen LogP contribution >= 0.6 is 0 Å². The Bertz CT molecular complexity index is 260. The molecule has 5 heteroatoms. The van der Waals surface area contributed by atoms with Gasteiger partial charge in [-0.1, -0.05) is 0 Å². The summed E-state index contributed by atoms with van der Waals surface area (Å²) in [7, 11) is 0. The van der Waals surface area contributed by atoms with E-state index in [1.54, 1.807) is 6.92 Å². The average molecular weight is 244 g/mol. The van der Waals surface area contributed by atoms with Gasteiger partial charge in [-0.15, -0.1) is 0 Å². The first-order valence-corrected chi connectivity index (χ1v) is 5.76. The second-order valence-corrected chi connectivity index (χ2v) is 4.78. The minimum absolute atomic E-state index is 0.0389. The summed E-state index contributed by atoms with van der Waals surface area (Å²) in [4.78, 5) is 18.8. The minimum atomic E-state index is -0.527. The normalized spacial score (nSPS) is 33.7. The van der Waals surface area contributed by atoms with E-state index in [9.17, 15) is 4.79 Å². The van der Waals surface area contributed by atoms with Crippen LogP contribution in [0.1, 0.15) is 40.0 Å². The number of hydrogen-bond acceptors (Lipinski definition) is 5. The predicted octanol–water partition coefficient (Wildman–Crippen LogP) is 1.44. The van der Waals surface area contributed by atoms with Crippen LogP contribution < -0.4 is 0 Å². The highest BCUT2D eigenvalue weighted by atomic mass is 16.8. The van der Waals surface area contributed by atoms with Crippen molar-refractivity contribution in [2.24, 2.45) is 0 Å². The zero-order valence-electron chi connectivity index (χ0n) is 10.6. The molecule has 2 aliphatic heterocycles. The molecule has 2 rings (SSSR count). The summed E-state index contributed by atoms with van der Waals surface area (Å²) in [5, 5.41) is 0. The van der Waals surface area contributed by atoms with Crippen molar-refractivity contribution in [1.29, 1.82) is 0 Å².